The smallest absolute Gasteiger partial charge is 0.259 e. The van der Waals surface area contributed by atoms with Gasteiger partial charge in [-0.05, 0) is 37.3 Å². The van der Waals surface area contributed by atoms with Gasteiger partial charge in [-0.15, -0.1) is 0 Å². The minimum atomic E-state index is -1.34. The van der Waals surface area contributed by atoms with Crippen LogP contribution in [0.15, 0.2) is 30.3 Å². The van der Waals surface area contributed by atoms with Crippen molar-refractivity contribution in [1.82, 2.24) is 10.2 Å². The van der Waals surface area contributed by atoms with E-state index in [1.165, 1.54) is 0 Å². The molecule has 0 bridgehead atoms. The average molecular weight is 314 g/mol. The molecule has 4 nitrogen and oxygen atoms in total. The highest BCUT2D eigenvalue weighted by Crippen LogP contribution is 2.48. The van der Waals surface area contributed by atoms with Gasteiger partial charge in [-0.3, -0.25) is 4.79 Å². The van der Waals surface area contributed by atoms with Gasteiger partial charge in [-0.2, -0.15) is 0 Å². The lowest BCUT2D eigenvalue weighted by Crippen LogP contribution is -2.51. The molecule has 2 unspecified atom stereocenters. The highest BCUT2D eigenvalue weighted by Gasteiger charge is 2.59. The fourth-order valence-corrected chi connectivity index (χ4v) is 4.93. The first-order valence-corrected chi connectivity index (χ1v) is 8.90. The van der Waals surface area contributed by atoms with Crippen molar-refractivity contribution in [1.29, 1.82) is 0 Å². The predicted molar refractivity (Wildman–Crippen MR) is 88.7 cm³/mol. The fraction of sp³-hybridized carbons (Fsp3) is 0.632. The number of rotatable bonds is 4. The van der Waals surface area contributed by atoms with E-state index < -0.39 is 5.60 Å². The molecule has 1 aromatic carbocycles. The van der Waals surface area contributed by atoms with Gasteiger partial charge < -0.3 is 15.3 Å². The molecule has 3 fully saturated rings. The number of likely N-dealkylation sites (tertiary alicyclic amines) is 1. The van der Waals surface area contributed by atoms with Crippen LogP contribution in [0.1, 0.15) is 31.2 Å². The van der Waals surface area contributed by atoms with Crippen LogP contribution in [-0.2, 0) is 10.4 Å². The van der Waals surface area contributed by atoms with Crippen LogP contribution in [-0.4, -0.2) is 42.1 Å². The molecule has 2 aliphatic carbocycles. The molecule has 0 radical (unpaired) electrons. The summed E-state index contributed by atoms with van der Waals surface area (Å²) in [6.45, 7) is 1.58. The summed E-state index contributed by atoms with van der Waals surface area (Å²) in [4.78, 5) is 15.2. The highest BCUT2D eigenvalue weighted by molar-refractivity contribution is 5.87. The van der Waals surface area contributed by atoms with E-state index in [1.807, 2.05) is 42.3 Å². The van der Waals surface area contributed by atoms with Crippen molar-refractivity contribution in [3.8, 4) is 0 Å². The second kappa shape index (κ2) is 5.60. The Morgan fingerprint density at radius 3 is 2.35 bits per heavy atom. The molecule has 3 aliphatic rings. The molecule has 1 aliphatic heterocycles. The number of fused-ring (bicyclic) bond motifs is 1. The van der Waals surface area contributed by atoms with Crippen LogP contribution in [0, 0.1) is 17.8 Å². The molecule has 4 rings (SSSR count). The molecule has 124 valence electrons. The molecule has 2 saturated carbocycles. The summed E-state index contributed by atoms with van der Waals surface area (Å²) in [6, 6.07) is 10.1. The van der Waals surface area contributed by atoms with Gasteiger partial charge in [0.1, 0.15) is 0 Å². The number of carbonyl (C=O) groups excluding carboxylic acids is 1. The first kappa shape index (κ1) is 15.2. The maximum Gasteiger partial charge on any atom is 0.259 e. The summed E-state index contributed by atoms with van der Waals surface area (Å²) in [5, 5.41) is 14.9. The Hall–Kier alpha value is -1.39. The Bertz CT molecular complexity index is 572. The van der Waals surface area contributed by atoms with Crippen molar-refractivity contribution in [3.05, 3.63) is 35.9 Å². The quantitative estimate of drug-likeness (QED) is 0.890. The van der Waals surface area contributed by atoms with Gasteiger partial charge in [0.2, 0.25) is 0 Å². The van der Waals surface area contributed by atoms with Crippen molar-refractivity contribution in [3.63, 3.8) is 0 Å². The number of hydrogen-bond acceptors (Lipinski definition) is 3. The zero-order valence-electron chi connectivity index (χ0n) is 13.7. The van der Waals surface area contributed by atoms with Crippen LogP contribution in [0.25, 0.3) is 0 Å². The summed E-state index contributed by atoms with van der Waals surface area (Å²) in [5.74, 6) is 1.13. The Labute approximate surface area is 137 Å². The number of aliphatic hydroxyl groups is 1. The Morgan fingerprint density at radius 1 is 1.17 bits per heavy atom. The van der Waals surface area contributed by atoms with Crippen LogP contribution in [0.2, 0.25) is 0 Å². The first-order valence-electron chi connectivity index (χ1n) is 8.90. The van der Waals surface area contributed by atoms with Crippen LogP contribution in [0.5, 0.6) is 0 Å². The molecule has 4 heteroatoms. The van der Waals surface area contributed by atoms with Gasteiger partial charge >= 0.3 is 0 Å². The number of piperidine rings is 1. The summed E-state index contributed by atoms with van der Waals surface area (Å²) in [5.41, 5.74) is -0.577. The molecule has 1 amide bonds. The Morgan fingerprint density at radius 2 is 1.78 bits per heavy atom. The number of amides is 1. The molecule has 1 aromatic rings. The molecule has 3 atom stereocenters. The van der Waals surface area contributed by atoms with Crippen molar-refractivity contribution in [2.45, 2.75) is 37.3 Å². The molecule has 0 spiro atoms. The fourth-order valence-electron chi connectivity index (χ4n) is 4.93. The monoisotopic (exact) mass is 314 g/mol. The van der Waals surface area contributed by atoms with E-state index in [9.17, 15) is 9.90 Å². The molecule has 1 heterocycles. The minimum Gasteiger partial charge on any atom is -0.375 e. The van der Waals surface area contributed by atoms with Crippen LogP contribution >= 0.6 is 0 Å². The molecule has 0 aromatic heterocycles. The second-order valence-corrected chi connectivity index (χ2v) is 7.47. The summed E-state index contributed by atoms with van der Waals surface area (Å²) >= 11 is 0. The lowest BCUT2D eigenvalue weighted by atomic mass is 9.79. The topological polar surface area (TPSA) is 52.6 Å². The molecule has 1 saturated heterocycles. The SMILES string of the molecule is CNC1C2CN(C(=O)[C@@](O)(c3ccccc3)C3CCCC3)CC21. The van der Waals surface area contributed by atoms with E-state index in [4.69, 9.17) is 0 Å². The highest BCUT2D eigenvalue weighted by atomic mass is 16.3. The second-order valence-electron chi connectivity index (χ2n) is 7.47. The standard InChI is InChI=1S/C19H26N2O2/c1-20-17-15-11-21(12-16(15)17)18(22)19(23,14-9-5-6-10-14)13-7-3-2-4-8-13/h2-4,7-8,14-17,20,23H,5-6,9-12H2,1H3/t15?,16?,17?,19-/m1/s1. The number of benzene rings is 1. The lowest BCUT2D eigenvalue weighted by molar-refractivity contribution is -0.158. The third-order valence-corrected chi connectivity index (χ3v) is 6.30. The lowest BCUT2D eigenvalue weighted by Gasteiger charge is -2.37. The van der Waals surface area contributed by atoms with Crippen molar-refractivity contribution in [2.24, 2.45) is 17.8 Å². The van der Waals surface area contributed by atoms with Gasteiger partial charge in [-0.1, -0.05) is 43.2 Å². The zero-order chi connectivity index (χ0) is 16.0. The summed E-state index contributed by atoms with van der Waals surface area (Å²) < 4.78 is 0. The maximum absolute atomic E-state index is 13.3. The van der Waals surface area contributed by atoms with Gasteiger partial charge in [0.15, 0.2) is 5.60 Å². The summed E-state index contributed by atoms with van der Waals surface area (Å²) in [6.07, 6.45) is 4.11. The largest absolute Gasteiger partial charge is 0.375 e. The number of nitrogens with zero attached hydrogens (tertiary/aromatic N) is 1. The average Bonchev–Trinajstić information content (AvgIpc) is 3.02. The van der Waals surface area contributed by atoms with E-state index in [0.717, 1.165) is 44.3 Å². The maximum atomic E-state index is 13.3. The first-order chi connectivity index (χ1) is 11.2. The van der Waals surface area contributed by atoms with E-state index in [1.54, 1.807) is 0 Å². The molecule has 23 heavy (non-hydrogen) atoms. The third-order valence-electron chi connectivity index (χ3n) is 6.30. The van der Waals surface area contributed by atoms with Crippen molar-refractivity contribution in [2.75, 3.05) is 20.1 Å². The van der Waals surface area contributed by atoms with E-state index in [2.05, 4.69) is 5.32 Å². The van der Waals surface area contributed by atoms with Crippen LogP contribution < -0.4 is 5.32 Å². The normalized spacial score (nSPS) is 32.6. The van der Waals surface area contributed by atoms with E-state index >= 15 is 0 Å². The van der Waals surface area contributed by atoms with E-state index in [-0.39, 0.29) is 11.8 Å². The molecular weight excluding hydrogens is 288 g/mol. The number of carbonyl (C=O) groups is 1. The van der Waals surface area contributed by atoms with Gasteiger partial charge in [0.25, 0.3) is 5.91 Å². The Balaban J connectivity index is 1.60. The zero-order valence-corrected chi connectivity index (χ0v) is 13.7. The van der Waals surface area contributed by atoms with Crippen molar-refractivity contribution < 1.29 is 9.90 Å². The van der Waals surface area contributed by atoms with Crippen LogP contribution in [0.4, 0.5) is 0 Å². The minimum absolute atomic E-state index is 0.0504. The number of nitrogens with one attached hydrogen (secondary N) is 1. The van der Waals surface area contributed by atoms with Crippen molar-refractivity contribution >= 4 is 5.91 Å². The summed E-state index contributed by atoms with van der Waals surface area (Å²) in [7, 11) is 1.99. The van der Waals surface area contributed by atoms with Gasteiger partial charge in [0.05, 0.1) is 0 Å². The third kappa shape index (κ3) is 2.31. The Kier molecular flexibility index (Phi) is 3.69. The van der Waals surface area contributed by atoms with Gasteiger partial charge in [-0.25, -0.2) is 0 Å². The molecular formula is C19H26N2O2. The number of hydrogen-bond donors (Lipinski definition) is 2. The van der Waals surface area contributed by atoms with E-state index in [0.29, 0.717) is 17.9 Å². The predicted octanol–water partition coefficient (Wildman–Crippen LogP) is 1.74. The molecule has 2 N–H and O–H groups in total. The van der Waals surface area contributed by atoms with Crippen LogP contribution in [0.3, 0.4) is 0 Å². The van der Waals surface area contributed by atoms with Gasteiger partial charge in [0, 0.05) is 25.0 Å².